The van der Waals surface area contributed by atoms with E-state index in [4.69, 9.17) is 4.74 Å². The molecule has 0 spiro atoms. The minimum atomic E-state index is 0.149. The average molecular weight is 252 g/mol. The van der Waals surface area contributed by atoms with Gasteiger partial charge in [-0.2, -0.15) is 0 Å². The van der Waals surface area contributed by atoms with Gasteiger partial charge in [-0.25, -0.2) is 4.98 Å². The molecule has 0 fully saturated rings. The summed E-state index contributed by atoms with van der Waals surface area (Å²) in [4.78, 5) is 4.42. The van der Waals surface area contributed by atoms with Gasteiger partial charge in [-0.05, 0) is 38.1 Å². The molecule has 96 valence electrons. The molecule has 0 N–H and O–H groups in total. The van der Waals surface area contributed by atoms with Gasteiger partial charge in [0.15, 0.2) is 0 Å². The van der Waals surface area contributed by atoms with Crippen LogP contribution in [0.15, 0.2) is 54.9 Å². The van der Waals surface area contributed by atoms with Crippen molar-refractivity contribution in [3.63, 3.8) is 0 Å². The number of nitrogens with zero attached hydrogens (tertiary/aromatic N) is 2. The van der Waals surface area contributed by atoms with Gasteiger partial charge in [0.25, 0.3) is 0 Å². The van der Waals surface area contributed by atoms with Gasteiger partial charge in [-0.1, -0.05) is 24.3 Å². The van der Waals surface area contributed by atoms with Crippen molar-refractivity contribution in [3.8, 4) is 11.4 Å². The van der Waals surface area contributed by atoms with Crippen molar-refractivity contribution in [1.82, 2.24) is 9.55 Å². The summed E-state index contributed by atoms with van der Waals surface area (Å²) in [5.74, 6) is 0.876. The highest BCUT2D eigenvalue weighted by Crippen LogP contribution is 2.26. The number of hydrogen-bond acceptors (Lipinski definition) is 2. The van der Waals surface area contributed by atoms with Crippen LogP contribution in [0.2, 0.25) is 0 Å². The molecule has 0 radical (unpaired) electrons. The summed E-state index contributed by atoms with van der Waals surface area (Å²) >= 11 is 0. The summed E-state index contributed by atoms with van der Waals surface area (Å²) in [5, 5.41) is 0. The lowest BCUT2D eigenvalue weighted by Crippen LogP contribution is -2.08. The zero-order chi connectivity index (χ0) is 13.2. The SMILES string of the molecule is CC(C)Oc1ccccc1-n1cnc2ccccc21. The van der Waals surface area contributed by atoms with Gasteiger partial charge in [0.05, 0.1) is 22.8 Å². The molecule has 0 aliphatic heterocycles. The lowest BCUT2D eigenvalue weighted by atomic mass is 10.2. The highest BCUT2D eigenvalue weighted by atomic mass is 16.5. The number of fused-ring (bicyclic) bond motifs is 1. The second-order valence-electron chi connectivity index (χ2n) is 4.74. The van der Waals surface area contributed by atoms with Gasteiger partial charge in [0.1, 0.15) is 12.1 Å². The summed E-state index contributed by atoms with van der Waals surface area (Å²) in [6.45, 7) is 4.06. The van der Waals surface area contributed by atoms with E-state index in [-0.39, 0.29) is 6.10 Å². The third-order valence-electron chi connectivity index (χ3n) is 2.94. The van der Waals surface area contributed by atoms with Crippen LogP contribution in [0.4, 0.5) is 0 Å². The minimum Gasteiger partial charge on any atom is -0.489 e. The number of hydrogen-bond donors (Lipinski definition) is 0. The maximum atomic E-state index is 5.87. The van der Waals surface area contributed by atoms with Crippen LogP contribution in [-0.2, 0) is 0 Å². The molecule has 0 atom stereocenters. The van der Waals surface area contributed by atoms with Crippen molar-refractivity contribution in [2.45, 2.75) is 20.0 Å². The van der Waals surface area contributed by atoms with E-state index in [1.165, 1.54) is 0 Å². The van der Waals surface area contributed by atoms with Crippen LogP contribution in [0.5, 0.6) is 5.75 Å². The van der Waals surface area contributed by atoms with Gasteiger partial charge >= 0.3 is 0 Å². The van der Waals surface area contributed by atoms with E-state index in [9.17, 15) is 0 Å². The molecule has 0 bridgehead atoms. The largest absolute Gasteiger partial charge is 0.489 e. The number of rotatable bonds is 3. The molecule has 0 amide bonds. The van der Waals surface area contributed by atoms with Crippen LogP contribution in [-0.4, -0.2) is 15.7 Å². The average Bonchev–Trinajstić information content (AvgIpc) is 2.82. The van der Waals surface area contributed by atoms with Crippen LogP contribution in [0.3, 0.4) is 0 Å². The van der Waals surface area contributed by atoms with Crippen LogP contribution in [0, 0.1) is 0 Å². The van der Waals surface area contributed by atoms with Gasteiger partial charge in [-0.15, -0.1) is 0 Å². The molecular formula is C16H16N2O. The highest BCUT2D eigenvalue weighted by Gasteiger charge is 2.09. The fourth-order valence-electron chi connectivity index (χ4n) is 2.16. The van der Waals surface area contributed by atoms with Gasteiger partial charge in [-0.3, -0.25) is 4.57 Å². The van der Waals surface area contributed by atoms with Crippen molar-refractivity contribution in [2.24, 2.45) is 0 Å². The summed E-state index contributed by atoms with van der Waals surface area (Å²) in [5.41, 5.74) is 3.09. The van der Waals surface area contributed by atoms with Crippen LogP contribution in [0.25, 0.3) is 16.7 Å². The van der Waals surface area contributed by atoms with Gasteiger partial charge < -0.3 is 4.74 Å². The molecule has 0 saturated carbocycles. The molecule has 3 nitrogen and oxygen atoms in total. The monoisotopic (exact) mass is 252 g/mol. The Labute approximate surface area is 112 Å². The molecule has 1 heterocycles. The summed E-state index contributed by atoms with van der Waals surface area (Å²) < 4.78 is 7.93. The molecule has 0 aliphatic carbocycles. The summed E-state index contributed by atoms with van der Waals surface area (Å²) in [7, 11) is 0. The van der Waals surface area contributed by atoms with Crippen LogP contribution < -0.4 is 4.74 Å². The Bertz CT molecular complexity index is 701. The maximum Gasteiger partial charge on any atom is 0.143 e. The molecule has 3 aromatic rings. The molecule has 1 aromatic heterocycles. The molecule has 0 saturated heterocycles. The van der Waals surface area contributed by atoms with E-state index >= 15 is 0 Å². The molecule has 2 aromatic carbocycles. The topological polar surface area (TPSA) is 27.1 Å². The standard InChI is InChI=1S/C16H16N2O/c1-12(2)19-16-10-6-5-9-15(16)18-11-17-13-7-3-4-8-14(13)18/h3-12H,1-2H3. The molecule has 19 heavy (non-hydrogen) atoms. The second kappa shape index (κ2) is 4.76. The lowest BCUT2D eigenvalue weighted by Gasteiger charge is -2.15. The lowest BCUT2D eigenvalue weighted by molar-refractivity contribution is 0.242. The van der Waals surface area contributed by atoms with E-state index in [0.717, 1.165) is 22.5 Å². The van der Waals surface area contributed by atoms with Crippen LogP contribution in [0.1, 0.15) is 13.8 Å². The van der Waals surface area contributed by atoms with Crippen molar-refractivity contribution >= 4 is 11.0 Å². The van der Waals surface area contributed by atoms with E-state index in [2.05, 4.69) is 15.6 Å². The van der Waals surface area contributed by atoms with E-state index in [0.29, 0.717) is 0 Å². The molecule has 0 unspecified atom stereocenters. The Morgan fingerprint density at radius 1 is 1.00 bits per heavy atom. The number of aromatic nitrogens is 2. The normalized spacial score (nSPS) is 11.1. The number of benzene rings is 2. The van der Waals surface area contributed by atoms with Crippen molar-refractivity contribution in [1.29, 1.82) is 0 Å². The first-order chi connectivity index (χ1) is 9.25. The third-order valence-corrected chi connectivity index (χ3v) is 2.94. The van der Waals surface area contributed by atoms with Gasteiger partial charge in [0.2, 0.25) is 0 Å². The predicted molar refractivity (Wildman–Crippen MR) is 76.8 cm³/mol. The van der Waals surface area contributed by atoms with Crippen molar-refractivity contribution < 1.29 is 4.74 Å². The molecular weight excluding hydrogens is 236 g/mol. The first kappa shape index (κ1) is 11.8. The fourth-order valence-corrected chi connectivity index (χ4v) is 2.16. The Balaban J connectivity index is 2.16. The van der Waals surface area contributed by atoms with Gasteiger partial charge in [0, 0.05) is 0 Å². The Morgan fingerprint density at radius 3 is 2.58 bits per heavy atom. The van der Waals surface area contributed by atoms with Crippen molar-refractivity contribution in [2.75, 3.05) is 0 Å². The number of para-hydroxylation sites is 4. The van der Waals surface area contributed by atoms with Crippen molar-refractivity contribution in [3.05, 3.63) is 54.9 Å². The predicted octanol–water partition coefficient (Wildman–Crippen LogP) is 3.81. The Hall–Kier alpha value is -2.29. The first-order valence-electron chi connectivity index (χ1n) is 6.44. The molecule has 0 aliphatic rings. The maximum absolute atomic E-state index is 5.87. The smallest absolute Gasteiger partial charge is 0.143 e. The molecule has 3 rings (SSSR count). The zero-order valence-electron chi connectivity index (χ0n) is 11.1. The summed E-state index contributed by atoms with van der Waals surface area (Å²) in [6.07, 6.45) is 1.99. The Morgan fingerprint density at radius 2 is 1.74 bits per heavy atom. The quantitative estimate of drug-likeness (QED) is 0.708. The minimum absolute atomic E-state index is 0.149. The second-order valence-corrected chi connectivity index (χ2v) is 4.74. The van der Waals surface area contributed by atoms with Crippen LogP contribution >= 0.6 is 0 Å². The Kier molecular flexibility index (Phi) is 2.95. The van der Waals surface area contributed by atoms with E-state index in [1.807, 2.05) is 62.6 Å². The first-order valence-corrected chi connectivity index (χ1v) is 6.44. The highest BCUT2D eigenvalue weighted by molar-refractivity contribution is 5.77. The zero-order valence-corrected chi connectivity index (χ0v) is 11.1. The van der Waals surface area contributed by atoms with E-state index < -0.39 is 0 Å². The third kappa shape index (κ3) is 2.19. The summed E-state index contributed by atoms with van der Waals surface area (Å²) in [6, 6.07) is 16.1. The van der Waals surface area contributed by atoms with E-state index in [1.54, 1.807) is 0 Å². The number of imidazole rings is 1. The molecule has 3 heteroatoms. The fraction of sp³-hybridized carbons (Fsp3) is 0.188. The number of ether oxygens (including phenoxy) is 1.